The zero-order chi connectivity index (χ0) is 10.8. The molecule has 1 saturated carbocycles. The number of halogens is 1. The van der Waals surface area contributed by atoms with Crippen molar-refractivity contribution in [2.75, 3.05) is 0 Å². The van der Waals surface area contributed by atoms with E-state index in [4.69, 9.17) is 11.6 Å². The lowest BCUT2D eigenvalue weighted by Gasteiger charge is -2.24. The highest BCUT2D eigenvalue weighted by atomic mass is 35.5. The lowest BCUT2D eigenvalue weighted by molar-refractivity contribution is 0.0936. The van der Waals surface area contributed by atoms with Crippen LogP contribution in [0.5, 0.6) is 0 Å². The maximum atomic E-state index is 12.0. The van der Waals surface area contributed by atoms with Gasteiger partial charge in [0, 0.05) is 17.0 Å². The molecule has 0 atom stereocenters. The maximum absolute atomic E-state index is 12.0. The normalized spacial score (nSPS) is 16.1. The number of benzene rings is 1. The SMILES string of the molecule is Cc1c(Cl)cccc1C(=O)CC1CCC1. The lowest BCUT2D eigenvalue weighted by atomic mass is 9.80. The quantitative estimate of drug-likeness (QED) is 0.706. The number of ketones is 1. The van der Waals surface area contributed by atoms with Crippen molar-refractivity contribution in [2.45, 2.75) is 32.6 Å². The molecule has 1 aromatic carbocycles. The molecule has 15 heavy (non-hydrogen) atoms. The molecule has 0 amide bonds. The first-order valence-electron chi connectivity index (χ1n) is 5.47. The smallest absolute Gasteiger partial charge is 0.163 e. The molecule has 0 radical (unpaired) electrons. The summed E-state index contributed by atoms with van der Waals surface area (Å²) in [6, 6.07) is 5.56. The standard InChI is InChI=1S/C13H15ClO/c1-9-11(6-3-7-12(9)14)13(15)8-10-4-2-5-10/h3,6-7,10H,2,4-5,8H2,1H3. The molecule has 0 saturated heterocycles. The number of carbonyl (C=O) groups excluding carboxylic acids is 1. The average molecular weight is 223 g/mol. The van der Waals surface area contributed by atoms with Crippen LogP contribution < -0.4 is 0 Å². The Morgan fingerprint density at radius 1 is 1.47 bits per heavy atom. The van der Waals surface area contributed by atoms with Gasteiger partial charge >= 0.3 is 0 Å². The van der Waals surface area contributed by atoms with Gasteiger partial charge in [-0.1, -0.05) is 43.0 Å². The summed E-state index contributed by atoms with van der Waals surface area (Å²) in [5.74, 6) is 0.871. The lowest BCUT2D eigenvalue weighted by Crippen LogP contribution is -2.16. The zero-order valence-electron chi connectivity index (χ0n) is 8.92. The predicted molar refractivity (Wildman–Crippen MR) is 62.5 cm³/mol. The van der Waals surface area contributed by atoms with Crippen LogP contribution in [0, 0.1) is 12.8 Å². The van der Waals surface area contributed by atoms with Gasteiger partial charge in [0.05, 0.1) is 0 Å². The average Bonchev–Trinajstić information content (AvgIpc) is 2.15. The fourth-order valence-corrected chi connectivity index (χ4v) is 2.15. The van der Waals surface area contributed by atoms with E-state index in [2.05, 4.69) is 0 Å². The van der Waals surface area contributed by atoms with Crippen LogP contribution in [0.3, 0.4) is 0 Å². The fraction of sp³-hybridized carbons (Fsp3) is 0.462. The van der Waals surface area contributed by atoms with E-state index in [1.54, 1.807) is 0 Å². The van der Waals surface area contributed by atoms with Crippen molar-refractivity contribution in [3.63, 3.8) is 0 Å². The van der Waals surface area contributed by atoms with E-state index in [0.29, 0.717) is 17.4 Å². The van der Waals surface area contributed by atoms with Gasteiger partial charge in [-0.05, 0) is 24.5 Å². The molecule has 1 aliphatic carbocycles. The summed E-state index contributed by atoms with van der Waals surface area (Å²) in [5, 5.41) is 0.689. The van der Waals surface area contributed by atoms with Crippen molar-refractivity contribution in [3.8, 4) is 0 Å². The van der Waals surface area contributed by atoms with Crippen LogP contribution in [-0.2, 0) is 0 Å². The van der Waals surface area contributed by atoms with Gasteiger partial charge in [-0.25, -0.2) is 0 Å². The highest BCUT2D eigenvalue weighted by Gasteiger charge is 2.22. The van der Waals surface area contributed by atoms with E-state index in [-0.39, 0.29) is 5.78 Å². The molecule has 1 fully saturated rings. The molecule has 2 heteroatoms. The van der Waals surface area contributed by atoms with Gasteiger partial charge in [-0.3, -0.25) is 4.79 Å². The molecule has 0 aromatic heterocycles. The molecule has 1 aromatic rings. The number of hydrogen-bond acceptors (Lipinski definition) is 1. The number of hydrogen-bond donors (Lipinski definition) is 0. The van der Waals surface area contributed by atoms with Crippen LogP contribution in [0.25, 0.3) is 0 Å². The summed E-state index contributed by atoms with van der Waals surface area (Å²) in [7, 11) is 0. The summed E-state index contributed by atoms with van der Waals surface area (Å²) < 4.78 is 0. The minimum absolute atomic E-state index is 0.250. The van der Waals surface area contributed by atoms with Gasteiger partial charge in [0.1, 0.15) is 0 Å². The Bertz CT molecular complexity index is 380. The van der Waals surface area contributed by atoms with Crippen LogP contribution in [0.2, 0.25) is 5.02 Å². The molecule has 0 heterocycles. The molecular formula is C13H15ClO. The Balaban J connectivity index is 2.13. The van der Waals surface area contributed by atoms with Gasteiger partial charge < -0.3 is 0 Å². The van der Waals surface area contributed by atoms with Crippen LogP contribution >= 0.6 is 11.6 Å². The topological polar surface area (TPSA) is 17.1 Å². The first kappa shape index (κ1) is 10.7. The van der Waals surface area contributed by atoms with E-state index in [1.807, 2.05) is 25.1 Å². The van der Waals surface area contributed by atoms with Gasteiger partial charge in [-0.2, -0.15) is 0 Å². The molecule has 2 rings (SSSR count). The first-order chi connectivity index (χ1) is 7.18. The highest BCUT2D eigenvalue weighted by molar-refractivity contribution is 6.31. The van der Waals surface area contributed by atoms with E-state index >= 15 is 0 Å². The summed E-state index contributed by atoms with van der Waals surface area (Å²) in [6.45, 7) is 1.91. The second-order valence-electron chi connectivity index (χ2n) is 4.34. The molecule has 0 bridgehead atoms. The second-order valence-corrected chi connectivity index (χ2v) is 4.74. The molecule has 1 nitrogen and oxygen atoms in total. The first-order valence-corrected chi connectivity index (χ1v) is 5.84. The maximum Gasteiger partial charge on any atom is 0.163 e. The van der Waals surface area contributed by atoms with Crippen LogP contribution in [0.4, 0.5) is 0 Å². The second kappa shape index (κ2) is 4.36. The number of Topliss-reactive ketones (excluding diaryl/α,β-unsaturated/α-hetero) is 1. The van der Waals surface area contributed by atoms with Crippen molar-refractivity contribution < 1.29 is 4.79 Å². The number of carbonyl (C=O) groups is 1. The van der Waals surface area contributed by atoms with Gasteiger partial charge in [0.15, 0.2) is 5.78 Å². The Morgan fingerprint density at radius 3 is 2.80 bits per heavy atom. The van der Waals surface area contributed by atoms with Crippen molar-refractivity contribution >= 4 is 17.4 Å². The summed E-state index contributed by atoms with van der Waals surface area (Å²) in [4.78, 5) is 12.0. The van der Waals surface area contributed by atoms with Crippen molar-refractivity contribution in [3.05, 3.63) is 34.3 Å². The van der Waals surface area contributed by atoms with Gasteiger partial charge in [0.25, 0.3) is 0 Å². The van der Waals surface area contributed by atoms with Crippen molar-refractivity contribution in [2.24, 2.45) is 5.92 Å². The minimum Gasteiger partial charge on any atom is -0.294 e. The third-order valence-electron chi connectivity index (χ3n) is 3.27. The van der Waals surface area contributed by atoms with Gasteiger partial charge in [-0.15, -0.1) is 0 Å². The van der Waals surface area contributed by atoms with Crippen LogP contribution in [0.15, 0.2) is 18.2 Å². The van der Waals surface area contributed by atoms with Crippen molar-refractivity contribution in [1.82, 2.24) is 0 Å². The molecular weight excluding hydrogens is 208 g/mol. The monoisotopic (exact) mass is 222 g/mol. The van der Waals surface area contributed by atoms with E-state index in [9.17, 15) is 4.79 Å². The minimum atomic E-state index is 0.250. The summed E-state index contributed by atoms with van der Waals surface area (Å²) >= 11 is 5.99. The van der Waals surface area contributed by atoms with E-state index in [1.165, 1.54) is 19.3 Å². The Hall–Kier alpha value is -0.820. The van der Waals surface area contributed by atoms with Crippen molar-refractivity contribution in [1.29, 1.82) is 0 Å². The molecule has 0 unspecified atom stereocenters. The molecule has 80 valence electrons. The fourth-order valence-electron chi connectivity index (χ4n) is 1.98. The van der Waals surface area contributed by atoms with Crippen LogP contribution in [-0.4, -0.2) is 5.78 Å². The van der Waals surface area contributed by atoms with Gasteiger partial charge in [0.2, 0.25) is 0 Å². The third kappa shape index (κ3) is 2.23. The van der Waals surface area contributed by atoms with Crippen LogP contribution in [0.1, 0.15) is 41.6 Å². The summed E-state index contributed by atoms with van der Waals surface area (Å²) in [6.07, 6.45) is 4.41. The molecule has 1 aliphatic rings. The zero-order valence-corrected chi connectivity index (χ0v) is 9.68. The number of rotatable bonds is 3. The Labute approximate surface area is 95.4 Å². The Morgan fingerprint density at radius 2 is 2.20 bits per heavy atom. The molecule has 0 aliphatic heterocycles. The largest absolute Gasteiger partial charge is 0.294 e. The Kier molecular flexibility index (Phi) is 3.11. The molecule has 0 spiro atoms. The predicted octanol–water partition coefficient (Wildman–Crippen LogP) is 4.02. The summed E-state index contributed by atoms with van der Waals surface area (Å²) in [5.41, 5.74) is 1.72. The molecule has 0 N–H and O–H groups in total. The highest BCUT2D eigenvalue weighted by Crippen LogP contribution is 2.31. The van der Waals surface area contributed by atoms with E-state index in [0.717, 1.165) is 11.1 Å². The third-order valence-corrected chi connectivity index (χ3v) is 3.68. The van der Waals surface area contributed by atoms with E-state index < -0.39 is 0 Å².